The number of nitrogens with one attached hydrogen (secondary N) is 1. The summed E-state index contributed by atoms with van der Waals surface area (Å²) in [6.07, 6.45) is 1.63. The van der Waals surface area contributed by atoms with Crippen molar-refractivity contribution < 1.29 is 13.9 Å². The number of nitrogens with zero attached hydrogens (tertiary/aromatic N) is 1. The quantitative estimate of drug-likeness (QED) is 0.880. The lowest BCUT2D eigenvalue weighted by atomic mass is 10.2. The zero-order chi connectivity index (χ0) is 14.4. The van der Waals surface area contributed by atoms with Crippen molar-refractivity contribution in [1.82, 2.24) is 10.3 Å². The molecule has 1 N–H and O–H groups in total. The molecule has 0 aliphatic carbocycles. The number of methoxy groups -OCH3 is 1. The molecule has 0 saturated carbocycles. The molecule has 0 aliphatic rings. The molecule has 0 aliphatic heterocycles. The summed E-state index contributed by atoms with van der Waals surface area (Å²) in [6, 6.07) is 8.66. The highest BCUT2D eigenvalue weighted by Gasteiger charge is 2.08. The molecule has 0 spiro atoms. The SMILES string of the molecule is CNCc1ccc(OCc2cccc(OC)c2F)cn1. The van der Waals surface area contributed by atoms with Crippen LogP contribution in [0, 0.1) is 5.82 Å². The van der Waals surface area contributed by atoms with Gasteiger partial charge in [0.05, 0.1) is 19.0 Å². The maximum Gasteiger partial charge on any atom is 0.171 e. The third kappa shape index (κ3) is 3.45. The van der Waals surface area contributed by atoms with Gasteiger partial charge in [0, 0.05) is 12.1 Å². The first-order chi connectivity index (χ1) is 9.74. The number of hydrogen-bond donors (Lipinski definition) is 1. The second kappa shape index (κ2) is 6.86. The Labute approximate surface area is 117 Å². The van der Waals surface area contributed by atoms with Gasteiger partial charge in [-0.3, -0.25) is 4.98 Å². The van der Waals surface area contributed by atoms with Crippen LogP contribution in [0.4, 0.5) is 4.39 Å². The molecule has 5 heteroatoms. The third-order valence-corrected chi connectivity index (χ3v) is 2.81. The van der Waals surface area contributed by atoms with E-state index >= 15 is 0 Å². The van der Waals surface area contributed by atoms with Gasteiger partial charge >= 0.3 is 0 Å². The van der Waals surface area contributed by atoms with Crippen molar-refractivity contribution in [2.45, 2.75) is 13.2 Å². The van der Waals surface area contributed by atoms with Gasteiger partial charge in [-0.15, -0.1) is 0 Å². The normalized spacial score (nSPS) is 10.3. The molecular formula is C15H17FN2O2. The van der Waals surface area contributed by atoms with E-state index in [4.69, 9.17) is 9.47 Å². The Balaban J connectivity index is 2.01. The molecule has 0 radical (unpaired) electrons. The fourth-order valence-corrected chi connectivity index (χ4v) is 1.77. The van der Waals surface area contributed by atoms with Crippen molar-refractivity contribution in [3.05, 3.63) is 53.6 Å². The molecule has 1 aromatic heterocycles. The second-order valence-electron chi connectivity index (χ2n) is 4.24. The van der Waals surface area contributed by atoms with Crippen molar-refractivity contribution in [3.8, 4) is 11.5 Å². The summed E-state index contributed by atoms with van der Waals surface area (Å²) in [5.41, 5.74) is 1.37. The molecule has 0 saturated heterocycles. The summed E-state index contributed by atoms with van der Waals surface area (Å²) in [5.74, 6) is 0.426. The summed E-state index contributed by atoms with van der Waals surface area (Å²) in [7, 11) is 3.30. The van der Waals surface area contributed by atoms with E-state index in [1.54, 1.807) is 24.4 Å². The highest BCUT2D eigenvalue weighted by molar-refractivity contribution is 5.31. The standard InChI is InChI=1S/C15H17FN2O2/c1-17-8-12-6-7-13(9-18-12)20-10-11-4-3-5-14(19-2)15(11)16/h3-7,9,17H,8,10H2,1-2H3. The smallest absolute Gasteiger partial charge is 0.171 e. The second-order valence-corrected chi connectivity index (χ2v) is 4.24. The Morgan fingerprint density at radius 3 is 2.75 bits per heavy atom. The minimum Gasteiger partial charge on any atom is -0.494 e. The molecule has 0 amide bonds. The lowest BCUT2D eigenvalue weighted by Crippen LogP contribution is -2.06. The Hall–Kier alpha value is -2.14. The van der Waals surface area contributed by atoms with Crippen LogP contribution in [0.15, 0.2) is 36.5 Å². The lowest BCUT2D eigenvalue weighted by Gasteiger charge is -2.09. The molecule has 106 valence electrons. The molecule has 1 aromatic carbocycles. The van der Waals surface area contributed by atoms with Crippen LogP contribution < -0.4 is 14.8 Å². The van der Waals surface area contributed by atoms with Crippen molar-refractivity contribution in [2.24, 2.45) is 0 Å². The number of halogens is 1. The van der Waals surface area contributed by atoms with Gasteiger partial charge in [-0.05, 0) is 25.2 Å². The Kier molecular flexibility index (Phi) is 4.90. The monoisotopic (exact) mass is 276 g/mol. The van der Waals surface area contributed by atoms with E-state index in [1.165, 1.54) is 7.11 Å². The zero-order valence-corrected chi connectivity index (χ0v) is 11.5. The topological polar surface area (TPSA) is 43.4 Å². The van der Waals surface area contributed by atoms with Crippen LogP contribution in [0.5, 0.6) is 11.5 Å². The average molecular weight is 276 g/mol. The first-order valence-electron chi connectivity index (χ1n) is 6.28. The summed E-state index contributed by atoms with van der Waals surface area (Å²) in [4.78, 5) is 4.23. The highest BCUT2D eigenvalue weighted by Crippen LogP contribution is 2.21. The van der Waals surface area contributed by atoms with Crippen molar-refractivity contribution >= 4 is 0 Å². The maximum absolute atomic E-state index is 13.9. The van der Waals surface area contributed by atoms with Gasteiger partial charge < -0.3 is 14.8 Å². The lowest BCUT2D eigenvalue weighted by molar-refractivity contribution is 0.294. The number of hydrogen-bond acceptors (Lipinski definition) is 4. The Morgan fingerprint density at radius 1 is 1.25 bits per heavy atom. The van der Waals surface area contributed by atoms with Gasteiger partial charge in [0.1, 0.15) is 12.4 Å². The summed E-state index contributed by atoms with van der Waals surface area (Å²) in [6.45, 7) is 0.834. The van der Waals surface area contributed by atoms with E-state index in [2.05, 4.69) is 10.3 Å². The number of pyridine rings is 1. The molecule has 0 unspecified atom stereocenters. The number of ether oxygens (including phenoxy) is 2. The third-order valence-electron chi connectivity index (χ3n) is 2.81. The van der Waals surface area contributed by atoms with Crippen LogP contribution in [0.1, 0.15) is 11.3 Å². The largest absolute Gasteiger partial charge is 0.494 e. The van der Waals surface area contributed by atoms with Gasteiger partial charge in [-0.2, -0.15) is 0 Å². The number of benzene rings is 1. The summed E-state index contributed by atoms with van der Waals surface area (Å²) in [5, 5.41) is 3.01. The molecule has 4 nitrogen and oxygen atoms in total. The van der Waals surface area contributed by atoms with Crippen LogP contribution in [0.2, 0.25) is 0 Å². The van der Waals surface area contributed by atoms with Crippen LogP contribution in [-0.2, 0) is 13.2 Å². The van der Waals surface area contributed by atoms with Gasteiger partial charge in [0.2, 0.25) is 0 Å². The van der Waals surface area contributed by atoms with Crippen LogP contribution in [0.25, 0.3) is 0 Å². The van der Waals surface area contributed by atoms with E-state index in [-0.39, 0.29) is 12.4 Å². The van der Waals surface area contributed by atoms with Crippen LogP contribution in [-0.4, -0.2) is 19.1 Å². The van der Waals surface area contributed by atoms with Crippen molar-refractivity contribution in [3.63, 3.8) is 0 Å². The van der Waals surface area contributed by atoms with Gasteiger partial charge in [0.15, 0.2) is 11.6 Å². The van der Waals surface area contributed by atoms with Crippen LogP contribution >= 0.6 is 0 Å². The Bertz CT molecular complexity index is 558. The maximum atomic E-state index is 13.9. The molecule has 0 atom stereocenters. The van der Waals surface area contributed by atoms with E-state index in [1.807, 2.05) is 19.2 Å². The molecule has 0 bridgehead atoms. The van der Waals surface area contributed by atoms with Gasteiger partial charge in [0.25, 0.3) is 0 Å². The first kappa shape index (κ1) is 14.3. The Morgan fingerprint density at radius 2 is 2.10 bits per heavy atom. The van der Waals surface area contributed by atoms with E-state index in [0.717, 1.165) is 5.69 Å². The average Bonchev–Trinajstić information content (AvgIpc) is 2.48. The molecular weight excluding hydrogens is 259 g/mol. The fraction of sp³-hybridized carbons (Fsp3) is 0.267. The van der Waals surface area contributed by atoms with E-state index in [0.29, 0.717) is 17.9 Å². The zero-order valence-electron chi connectivity index (χ0n) is 11.5. The number of aromatic nitrogens is 1. The summed E-state index contributed by atoms with van der Waals surface area (Å²) < 4.78 is 24.4. The van der Waals surface area contributed by atoms with E-state index < -0.39 is 5.82 Å². The van der Waals surface area contributed by atoms with Gasteiger partial charge in [-0.25, -0.2) is 4.39 Å². The summed E-state index contributed by atoms with van der Waals surface area (Å²) >= 11 is 0. The van der Waals surface area contributed by atoms with Crippen molar-refractivity contribution in [1.29, 1.82) is 0 Å². The molecule has 0 fully saturated rings. The predicted molar refractivity (Wildman–Crippen MR) is 74.3 cm³/mol. The fourth-order valence-electron chi connectivity index (χ4n) is 1.77. The van der Waals surface area contributed by atoms with E-state index in [9.17, 15) is 4.39 Å². The molecule has 2 aromatic rings. The highest BCUT2D eigenvalue weighted by atomic mass is 19.1. The number of rotatable bonds is 6. The molecule has 1 heterocycles. The molecule has 20 heavy (non-hydrogen) atoms. The first-order valence-corrected chi connectivity index (χ1v) is 6.28. The minimum atomic E-state index is -0.394. The van der Waals surface area contributed by atoms with Crippen LogP contribution in [0.3, 0.4) is 0 Å². The molecule has 2 rings (SSSR count). The van der Waals surface area contributed by atoms with Crippen molar-refractivity contribution in [2.75, 3.05) is 14.2 Å². The van der Waals surface area contributed by atoms with Gasteiger partial charge in [-0.1, -0.05) is 12.1 Å². The minimum absolute atomic E-state index is 0.135. The predicted octanol–water partition coefficient (Wildman–Crippen LogP) is 2.53.